The number of nitrogens with one attached hydrogen (secondary N) is 1. The Balaban J connectivity index is 1.31. The van der Waals surface area contributed by atoms with Gasteiger partial charge in [-0.2, -0.15) is 0 Å². The second-order valence-electron chi connectivity index (χ2n) is 9.35. The first-order valence-corrected chi connectivity index (χ1v) is 13.8. The van der Waals surface area contributed by atoms with Crippen LogP contribution in [-0.4, -0.2) is 37.5 Å². The summed E-state index contributed by atoms with van der Waals surface area (Å²) in [5.41, 5.74) is 5.91. The molecule has 0 aliphatic heterocycles. The van der Waals surface area contributed by atoms with E-state index in [1.54, 1.807) is 12.4 Å². The number of hydrogen-bond donors (Lipinski definition) is 1. The maximum Gasteiger partial charge on any atom is 0.234 e. The predicted molar refractivity (Wildman–Crippen MR) is 159 cm³/mol. The van der Waals surface area contributed by atoms with Crippen LogP contribution in [0.1, 0.15) is 19.4 Å². The summed E-state index contributed by atoms with van der Waals surface area (Å²) in [7, 11) is 0. The fourth-order valence-corrected chi connectivity index (χ4v) is 5.19. The normalized spacial score (nSPS) is 11.0. The van der Waals surface area contributed by atoms with Crippen molar-refractivity contribution in [2.24, 2.45) is 0 Å². The highest BCUT2D eigenvalue weighted by molar-refractivity contribution is 7.99. The molecular weight excluding hydrogens is 504 g/mol. The monoisotopic (exact) mass is 534 g/mol. The number of anilines is 3. The highest BCUT2D eigenvalue weighted by atomic mass is 32.2. The van der Waals surface area contributed by atoms with Gasteiger partial charge in [0, 0.05) is 41.1 Å². The fourth-order valence-electron chi connectivity index (χ4n) is 4.45. The molecule has 196 valence electrons. The smallest absolute Gasteiger partial charge is 0.234 e. The minimum atomic E-state index is -0.110. The lowest BCUT2D eigenvalue weighted by molar-refractivity contribution is -0.113. The molecule has 0 radical (unpaired) electrons. The van der Waals surface area contributed by atoms with Gasteiger partial charge in [-0.05, 0) is 80.9 Å². The second-order valence-corrected chi connectivity index (χ2v) is 10.3. The van der Waals surface area contributed by atoms with Crippen molar-refractivity contribution in [3.8, 4) is 17.1 Å². The third-order valence-corrected chi connectivity index (χ3v) is 7.17. The Morgan fingerprint density at radius 1 is 0.872 bits per heavy atom. The van der Waals surface area contributed by atoms with Gasteiger partial charge in [-0.15, -0.1) is 10.2 Å². The summed E-state index contributed by atoms with van der Waals surface area (Å²) in [5, 5.41) is 12.6. The van der Waals surface area contributed by atoms with Crippen LogP contribution in [0, 0.1) is 6.92 Å². The zero-order valence-corrected chi connectivity index (χ0v) is 23.0. The molecule has 1 amide bonds. The van der Waals surface area contributed by atoms with Gasteiger partial charge in [0.15, 0.2) is 11.0 Å². The van der Waals surface area contributed by atoms with Crippen molar-refractivity contribution in [1.82, 2.24) is 19.7 Å². The highest BCUT2D eigenvalue weighted by Crippen LogP contribution is 2.30. The molecule has 0 saturated carbocycles. The van der Waals surface area contributed by atoms with Crippen LogP contribution < -0.4 is 10.2 Å². The number of carbonyl (C=O) groups is 1. The van der Waals surface area contributed by atoms with Crippen LogP contribution in [0.5, 0.6) is 0 Å². The fraction of sp³-hybridized carbons (Fsp3) is 0.161. The Labute approximate surface area is 232 Å². The Hall–Kier alpha value is -4.43. The predicted octanol–water partition coefficient (Wildman–Crippen LogP) is 6.92. The molecule has 0 saturated heterocycles. The molecule has 3 aromatic carbocycles. The topological polar surface area (TPSA) is 75.9 Å². The Kier molecular flexibility index (Phi) is 8.03. The van der Waals surface area contributed by atoms with Gasteiger partial charge in [-0.3, -0.25) is 14.3 Å². The van der Waals surface area contributed by atoms with Crippen molar-refractivity contribution in [2.45, 2.75) is 32.0 Å². The summed E-state index contributed by atoms with van der Waals surface area (Å²) in [6.07, 6.45) is 3.47. The van der Waals surface area contributed by atoms with Crippen molar-refractivity contribution in [2.75, 3.05) is 16.0 Å². The van der Waals surface area contributed by atoms with Gasteiger partial charge < -0.3 is 10.2 Å². The Morgan fingerprint density at radius 3 is 2.23 bits per heavy atom. The number of pyridine rings is 1. The summed E-state index contributed by atoms with van der Waals surface area (Å²) in [6.45, 7) is 6.38. The van der Waals surface area contributed by atoms with Crippen LogP contribution in [0.4, 0.5) is 17.1 Å². The molecule has 8 heteroatoms. The zero-order valence-electron chi connectivity index (χ0n) is 22.2. The van der Waals surface area contributed by atoms with Gasteiger partial charge in [0.25, 0.3) is 0 Å². The third kappa shape index (κ3) is 6.02. The van der Waals surface area contributed by atoms with Crippen LogP contribution in [0.2, 0.25) is 0 Å². The molecule has 0 atom stereocenters. The maximum atomic E-state index is 12.9. The Bertz CT molecular complexity index is 1530. The summed E-state index contributed by atoms with van der Waals surface area (Å²) in [4.78, 5) is 19.3. The quantitative estimate of drug-likeness (QED) is 0.207. The molecular formula is C31H30N6OS. The first kappa shape index (κ1) is 26.2. The summed E-state index contributed by atoms with van der Waals surface area (Å²) >= 11 is 1.36. The molecule has 0 spiro atoms. The lowest BCUT2D eigenvalue weighted by Crippen LogP contribution is -2.25. The van der Waals surface area contributed by atoms with Crippen LogP contribution in [-0.2, 0) is 4.79 Å². The number of amides is 1. The number of carbonyl (C=O) groups excluding carboxylic acids is 1. The number of hydrogen-bond acceptors (Lipinski definition) is 6. The number of benzene rings is 3. The van der Waals surface area contributed by atoms with Gasteiger partial charge in [-0.25, -0.2) is 0 Å². The number of thioether (sulfide) groups is 1. The summed E-state index contributed by atoms with van der Waals surface area (Å²) in [5.74, 6) is 0.796. The number of nitrogens with zero attached hydrogens (tertiary/aromatic N) is 5. The first-order chi connectivity index (χ1) is 19.0. The third-order valence-electron chi connectivity index (χ3n) is 6.24. The standard InChI is InChI=1S/C31H30N6OS/c1-22(2)36(26-10-5-4-6-11-26)27-15-13-25(14-16-27)33-29(38)21-39-31-35-34-30(24-17-19-32-20-18-24)37(31)28-12-8-7-9-23(28)3/h4-20,22H,21H2,1-3H3,(H,33,38). The van der Waals surface area contributed by atoms with E-state index in [4.69, 9.17) is 0 Å². The molecule has 2 aromatic heterocycles. The molecule has 39 heavy (non-hydrogen) atoms. The molecule has 0 aliphatic rings. The van der Waals surface area contributed by atoms with E-state index in [1.165, 1.54) is 11.8 Å². The molecule has 0 fully saturated rings. The summed E-state index contributed by atoms with van der Waals surface area (Å²) in [6, 6.07) is 30.4. The van der Waals surface area contributed by atoms with E-state index in [1.807, 2.05) is 77.4 Å². The van der Waals surface area contributed by atoms with Crippen LogP contribution >= 0.6 is 11.8 Å². The maximum absolute atomic E-state index is 12.9. The highest BCUT2D eigenvalue weighted by Gasteiger charge is 2.19. The molecule has 0 unspecified atom stereocenters. The molecule has 5 aromatic rings. The van der Waals surface area contributed by atoms with Gasteiger partial charge in [0.2, 0.25) is 5.91 Å². The molecule has 2 heterocycles. The van der Waals surface area contributed by atoms with Crippen LogP contribution in [0.15, 0.2) is 109 Å². The van der Waals surface area contributed by atoms with Gasteiger partial charge in [0.1, 0.15) is 0 Å². The molecule has 0 aliphatic carbocycles. The number of aromatic nitrogens is 4. The minimum absolute atomic E-state index is 0.110. The minimum Gasteiger partial charge on any atom is -0.339 e. The van der Waals surface area contributed by atoms with Gasteiger partial charge in [-0.1, -0.05) is 48.2 Å². The molecule has 1 N–H and O–H groups in total. The van der Waals surface area contributed by atoms with Crippen LogP contribution in [0.3, 0.4) is 0 Å². The summed E-state index contributed by atoms with van der Waals surface area (Å²) < 4.78 is 2.00. The van der Waals surface area contributed by atoms with Crippen molar-refractivity contribution in [3.05, 3.63) is 109 Å². The molecule has 5 rings (SSSR count). The van der Waals surface area contributed by atoms with E-state index in [0.717, 1.165) is 33.9 Å². The molecule has 0 bridgehead atoms. The van der Waals surface area contributed by atoms with E-state index in [0.29, 0.717) is 11.0 Å². The van der Waals surface area contributed by atoms with Crippen LogP contribution in [0.25, 0.3) is 17.1 Å². The second kappa shape index (κ2) is 12.0. The van der Waals surface area contributed by atoms with E-state index < -0.39 is 0 Å². The van der Waals surface area contributed by atoms with Crippen molar-refractivity contribution in [1.29, 1.82) is 0 Å². The largest absolute Gasteiger partial charge is 0.339 e. The van der Waals surface area contributed by atoms with E-state index in [9.17, 15) is 4.79 Å². The van der Waals surface area contributed by atoms with Gasteiger partial charge >= 0.3 is 0 Å². The SMILES string of the molecule is Cc1ccccc1-n1c(SCC(=O)Nc2ccc(N(c3ccccc3)C(C)C)cc2)nnc1-c1ccncc1. The average Bonchev–Trinajstić information content (AvgIpc) is 3.38. The zero-order chi connectivity index (χ0) is 27.2. The van der Waals surface area contributed by atoms with Crippen molar-refractivity contribution in [3.63, 3.8) is 0 Å². The van der Waals surface area contributed by atoms with E-state index >= 15 is 0 Å². The van der Waals surface area contributed by atoms with E-state index in [2.05, 4.69) is 64.4 Å². The number of rotatable bonds is 9. The average molecular weight is 535 g/mol. The van der Waals surface area contributed by atoms with E-state index in [-0.39, 0.29) is 17.7 Å². The number of para-hydroxylation sites is 2. The Morgan fingerprint density at radius 2 is 1.54 bits per heavy atom. The lowest BCUT2D eigenvalue weighted by Gasteiger charge is -2.29. The molecule has 7 nitrogen and oxygen atoms in total. The first-order valence-electron chi connectivity index (χ1n) is 12.8. The van der Waals surface area contributed by atoms with Gasteiger partial charge in [0.05, 0.1) is 11.4 Å². The lowest BCUT2D eigenvalue weighted by atomic mass is 10.2. The number of aryl methyl sites for hydroxylation is 1. The van der Waals surface area contributed by atoms with Crippen molar-refractivity contribution < 1.29 is 4.79 Å². The van der Waals surface area contributed by atoms with Crippen molar-refractivity contribution >= 4 is 34.7 Å².